The average molecular weight is 546 g/mol. The third kappa shape index (κ3) is 7.58. The Hall–Kier alpha value is -1.33. The van der Waals surface area contributed by atoms with Gasteiger partial charge >= 0.3 is 26.2 Å². The van der Waals surface area contributed by atoms with Gasteiger partial charge in [-0.2, -0.15) is 11.6 Å². The minimum atomic E-state index is 0. The first-order valence-corrected chi connectivity index (χ1v) is 13.2. The van der Waals surface area contributed by atoms with E-state index in [0.717, 1.165) is 0 Å². The smallest absolute Gasteiger partial charge is 0.269 e. The molecule has 0 saturated carbocycles. The maximum atomic E-state index is 3.43. The van der Waals surface area contributed by atoms with Crippen molar-refractivity contribution in [2.24, 2.45) is 11.3 Å². The SMILES string of the molecule is CC(C)(C)c1ccc2c(c1)[cH-]c1cc(C(C)(C)C)ccc12.CCCCC1[C-]=CC(C(C)(C)C)=C1.[Zr+2]. The van der Waals surface area contributed by atoms with Crippen molar-refractivity contribution >= 4 is 21.5 Å². The molecule has 1 heteroatoms. The van der Waals surface area contributed by atoms with Crippen LogP contribution in [0.4, 0.5) is 0 Å². The molecule has 0 amide bonds. The molecular weight excluding hydrogens is 500 g/mol. The normalized spacial score (nSPS) is 16.2. The summed E-state index contributed by atoms with van der Waals surface area (Å²) in [6.07, 6.45) is 11.9. The molecule has 0 aromatic heterocycles. The Morgan fingerprint density at radius 2 is 1.23 bits per heavy atom. The van der Waals surface area contributed by atoms with Gasteiger partial charge in [0.2, 0.25) is 0 Å². The maximum Gasteiger partial charge on any atom is 2.00 e. The molecule has 0 spiro atoms. The zero-order chi connectivity index (χ0) is 25.3. The molecule has 0 saturated heterocycles. The van der Waals surface area contributed by atoms with Gasteiger partial charge in [0.1, 0.15) is 0 Å². The van der Waals surface area contributed by atoms with Crippen molar-refractivity contribution in [3.8, 4) is 0 Å². The van der Waals surface area contributed by atoms with Gasteiger partial charge in [0.05, 0.1) is 0 Å². The van der Waals surface area contributed by atoms with Crippen LogP contribution in [-0.4, -0.2) is 0 Å². The van der Waals surface area contributed by atoms with Crippen LogP contribution in [0.3, 0.4) is 0 Å². The van der Waals surface area contributed by atoms with Crippen molar-refractivity contribution in [3.63, 3.8) is 0 Å². The molecule has 0 aliphatic heterocycles. The van der Waals surface area contributed by atoms with Gasteiger partial charge in [-0.3, -0.25) is 6.08 Å². The van der Waals surface area contributed by atoms with E-state index < -0.39 is 0 Å². The van der Waals surface area contributed by atoms with E-state index in [9.17, 15) is 0 Å². The van der Waals surface area contributed by atoms with Crippen LogP contribution in [0.5, 0.6) is 0 Å². The Bertz CT molecular complexity index is 1110. The number of unbranched alkanes of at least 4 members (excludes halogenated alkanes) is 1. The molecule has 0 radical (unpaired) electrons. The molecule has 3 aromatic carbocycles. The van der Waals surface area contributed by atoms with Crippen LogP contribution in [0, 0.1) is 17.4 Å². The van der Waals surface area contributed by atoms with Crippen LogP contribution in [0.15, 0.2) is 60.2 Å². The fraction of sp³-hybridized carbons (Fsp3) is 0.500. The third-order valence-electron chi connectivity index (χ3n) is 7.00. The molecule has 1 atom stereocenters. The summed E-state index contributed by atoms with van der Waals surface area (Å²) < 4.78 is 0. The third-order valence-corrected chi connectivity index (χ3v) is 7.00. The van der Waals surface area contributed by atoms with Crippen LogP contribution < -0.4 is 0 Å². The van der Waals surface area contributed by atoms with Gasteiger partial charge in [0.25, 0.3) is 0 Å². The molecule has 0 bridgehead atoms. The zero-order valence-electron chi connectivity index (χ0n) is 23.9. The molecule has 186 valence electrons. The van der Waals surface area contributed by atoms with Crippen molar-refractivity contribution in [2.75, 3.05) is 0 Å². The summed E-state index contributed by atoms with van der Waals surface area (Å²) in [6.45, 7) is 22.7. The minimum Gasteiger partial charge on any atom is -0.269 e. The van der Waals surface area contributed by atoms with Gasteiger partial charge in [-0.15, -0.1) is 39.7 Å². The Morgan fingerprint density at radius 3 is 1.60 bits per heavy atom. The van der Waals surface area contributed by atoms with Crippen LogP contribution in [0.25, 0.3) is 21.5 Å². The van der Waals surface area contributed by atoms with E-state index >= 15 is 0 Å². The standard InChI is InChI=1S/C21H25.C13H21.Zr/c1-20(2,3)16-7-9-18-14(12-16)11-15-13-17(21(4,5)6)8-10-19(15)18;1-5-6-7-11-8-9-12(10-11)13(2,3)4;/h7-13H,1-6H3;9-11H,5-7H2,1-4H3;/q2*-1;+2. The molecule has 0 fully saturated rings. The Balaban J connectivity index is 0.000000268. The number of hydrogen-bond acceptors (Lipinski definition) is 0. The summed E-state index contributed by atoms with van der Waals surface area (Å²) in [5.41, 5.74) is 4.97. The largest absolute Gasteiger partial charge is 2.00 e. The van der Waals surface area contributed by atoms with Crippen molar-refractivity contribution in [2.45, 2.75) is 99.3 Å². The summed E-state index contributed by atoms with van der Waals surface area (Å²) in [5, 5.41) is 5.48. The molecule has 0 heterocycles. The molecule has 1 aliphatic rings. The van der Waals surface area contributed by atoms with Gasteiger partial charge in [0.15, 0.2) is 0 Å². The quantitative estimate of drug-likeness (QED) is 0.287. The van der Waals surface area contributed by atoms with E-state index in [2.05, 4.69) is 130 Å². The van der Waals surface area contributed by atoms with Crippen LogP contribution in [-0.2, 0) is 37.0 Å². The number of rotatable bonds is 3. The first kappa shape index (κ1) is 29.9. The van der Waals surface area contributed by atoms with E-state index in [-0.39, 0.29) is 37.0 Å². The topological polar surface area (TPSA) is 0 Å². The van der Waals surface area contributed by atoms with E-state index in [1.165, 1.54) is 57.5 Å². The van der Waals surface area contributed by atoms with E-state index in [4.69, 9.17) is 0 Å². The predicted octanol–water partition coefficient (Wildman–Crippen LogP) is 10.4. The second-order valence-electron chi connectivity index (χ2n) is 13.2. The molecule has 35 heavy (non-hydrogen) atoms. The first-order valence-electron chi connectivity index (χ1n) is 13.2. The van der Waals surface area contributed by atoms with Crippen molar-refractivity contribution in [3.05, 3.63) is 77.4 Å². The summed E-state index contributed by atoms with van der Waals surface area (Å²) in [7, 11) is 0. The van der Waals surface area contributed by atoms with E-state index in [1.54, 1.807) is 0 Å². The maximum absolute atomic E-state index is 3.43. The average Bonchev–Trinajstić information content (AvgIpc) is 3.35. The van der Waals surface area contributed by atoms with Gasteiger partial charge in [0, 0.05) is 0 Å². The summed E-state index contributed by atoms with van der Waals surface area (Å²) >= 11 is 0. The van der Waals surface area contributed by atoms with Crippen LogP contribution in [0.2, 0.25) is 0 Å². The monoisotopic (exact) mass is 544 g/mol. The number of hydrogen-bond donors (Lipinski definition) is 0. The summed E-state index contributed by atoms with van der Waals surface area (Å²) in [6, 6.07) is 16.2. The number of allylic oxidation sites excluding steroid dienone is 4. The molecule has 4 rings (SSSR count). The Morgan fingerprint density at radius 1 is 0.743 bits per heavy atom. The van der Waals surface area contributed by atoms with Crippen molar-refractivity contribution < 1.29 is 26.2 Å². The van der Waals surface area contributed by atoms with Crippen LogP contribution >= 0.6 is 0 Å². The van der Waals surface area contributed by atoms with Crippen molar-refractivity contribution in [1.82, 2.24) is 0 Å². The Labute approximate surface area is 234 Å². The van der Waals surface area contributed by atoms with Crippen molar-refractivity contribution in [1.29, 1.82) is 0 Å². The van der Waals surface area contributed by atoms with Gasteiger partial charge < -0.3 is 0 Å². The molecular formula is C34H46Zr. The summed E-state index contributed by atoms with van der Waals surface area (Å²) in [4.78, 5) is 0. The van der Waals surface area contributed by atoms with E-state index in [0.29, 0.717) is 11.3 Å². The van der Waals surface area contributed by atoms with Gasteiger partial charge in [-0.25, -0.2) is 6.08 Å². The second kappa shape index (κ2) is 11.4. The summed E-state index contributed by atoms with van der Waals surface area (Å²) in [5.74, 6) is 0.592. The predicted molar refractivity (Wildman–Crippen MR) is 153 cm³/mol. The molecule has 3 aromatic rings. The second-order valence-corrected chi connectivity index (χ2v) is 13.2. The molecule has 1 unspecified atom stereocenters. The minimum absolute atomic E-state index is 0. The fourth-order valence-corrected chi connectivity index (χ4v) is 4.52. The van der Waals surface area contributed by atoms with Gasteiger partial charge in [-0.05, 0) is 10.8 Å². The van der Waals surface area contributed by atoms with Gasteiger partial charge in [-0.1, -0.05) is 135 Å². The fourth-order valence-electron chi connectivity index (χ4n) is 4.52. The van der Waals surface area contributed by atoms with Crippen LogP contribution in [0.1, 0.15) is 99.6 Å². The van der Waals surface area contributed by atoms with E-state index in [1.807, 2.05) is 0 Å². The number of fused-ring (bicyclic) bond motifs is 3. The number of benzene rings is 2. The molecule has 0 nitrogen and oxygen atoms in total. The first-order chi connectivity index (χ1) is 15.7. The molecule has 1 aliphatic carbocycles. The molecule has 0 N–H and O–H groups in total. The zero-order valence-corrected chi connectivity index (χ0v) is 26.4. The Kier molecular flexibility index (Phi) is 9.72.